The summed E-state index contributed by atoms with van der Waals surface area (Å²) >= 11 is 12.8. The molecule has 0 bridgehead atoms. The summed E-state index contributed by atoms with van der Waals surface area (Å²) in [7, 11) is 0. The zero-order valence-corrected chi connectivity index (χ0v) is 11.7. The van der Waals surface area contributed by atoms with E-state index in [2.05, 4.69) is 4.98 Å². The molecule has 1 aliphatic rings. The molecule has 3 rings (SSSR count). The van der Waals surface area contributed by atoms with Gasteiger partial charge in [0.2, 0.25) is 0 Å². The van der Waals surface area contributed by atoms with Crippen molar-refractivity contribution in [2.45, 2.75) is 11.3 Å². The Morgan fingerprint density at radius 2 is 2.28 bits per heavy atom. The number of hydrogen-bond donors (Lipinski definition) is 1. The highest BCUT2D eigenvalue weighted by atomic mass is 35.5. The first kappa shape index (κ1) is 12.0. The van der Waals surface area contributed by atoms with Gasteiger partial charge in [0.25, 0.3) is 5.56 Å². The first-order valence-corrected chi connectivity index (χ1v) is 7.21. The zero-order chi connectivity index (χ0) is 12.7. The number of aromatic amines is 1. The molecular formula is C12H9ClN2OS2. The topological polar surface area (TPSA) is 37.8 Å². The molecule has 0 amide bonds. The van der Waals surface area contributed by atoms with Crippen molar-refractivity contribution in [3.05, 3.63) is 50.1 Å². The second-order valence-electron chi connectivity index (χ2n) is 3.96. The highest BCUT2D eigenvalue weighted by molar-refractivity contribution is 7.99. The lowest BCUT2D eigenvalue weighted by atomic mass is 10.3. The van der Waals surface area contributed by atoms with Gasteiger partial charge >= 0.3 is 0 Å². The summed E-state index contributed by atoms with van der Waals surface area (Å²) in [6, 6.07) is 7.13. The van der Waals surface area contributed by atoms with Gasteiger partial charge < -0.3 is 4.98 Å². The first-order valence-electron chi connectivity index (χ1n) is 5.44. The summed E-state index contributed by atoms with van der Waals surface area (Å²) in [4.78, 5) is 16.3. The van der Waals surface area contributed by atoms with E-state index >= 15 is 0 Å². The van der Waals surface area contributed by atoms with Gasteiger partial charge in [-0.05, 0) is 36.8 Å². The molecule has 0 saturated carbocycles. The lowest BCUT2D eigenvalue weighted by Crippen LogP contribution is -2.22. The molecule has 0 saturated heterocycles. The van der Waals surface area contributed by atoms with Crippen molar-refractivity contribution in [3.8, 4) is 5.69 Å². The number of benzene rings is 1. The van der Waals surface area contributed by atoms with Crippen LogP contribution in [0, 0.1) is 4.77 Å². The van der Waals surface area contributed by atoms with E-state index in [0.29, 0.717) is 15.5 Å². The molecule has 1 N–H and O–H groups in total. The Hall–Kier alpha value is -1.04. The lowest BCUT2D eigenvalue weighted by molar-refractivity contribution is 0.835. The lowest BCUT2D eigenvalue weighted by Gasteiger charge is -2.08. The summed E-state index contributed by atoms with van der Waals surface area (Å²) in [5.74, 6) is 0.926. The molecule has 3 nitrogen and oxygen atoms in total. The molecule has 0 unspecified atom stereocenters. The van der Waals surface area contributed by atoms with Crippen molar-refractivity contribution in [2.75, 3.05) is 5.75 Å². The van der Waals surface area contributed by atoms with Gasteiger partial charge in [-0.2, -0.15) is 0 Å². The monoisotopic (exact) mass is 296 g/mol. The van der Waals surface area contributed by atoms with Crippen LogP contribution < -0.4 is 5.56 Å². The van der Waals surface area contributed by atoms with Crippen molar-refractivity contribution in [2.24, 2.45) is 0 Å². The average molecular weight is 297 g/mol. The van der Waals surface area contributed by atoms with Crippen LogP contribution in [0.2, 0.25) is 5.02 Å². The van der Waals surface area contributed by atoms with E-state index in [4.69, 9.17) is 23.8 Å². The maximum atomic E-state index is 12.4. The van der Waals surface area contributed by atoms with Gasteiger partial charge in [0.1, 0.15) is 0 Å². The predicted octanol–water partition coefficient (Wildman–Crippen LogP) is 3.20. The summed E-state index contributed by atoms with van der Waals surface area (Å²) in [6.07, 6.45) is 0.870. The largest absolute Gasteiger partial charge is 0.334 e. The Morgan fingerprint density at radius 1 is 1.44 bits per heavy atom. The van der Waals surface area contributed by atoms with Crippen LogP contribution in [0.5, 0.6) is 0 Å². The molecule has 0 atom stereocenters. The van der Waals surface area contributed by atoms with Crippen LogP contribution in [0.1, 0.15) is 5.69 Å². The molecule has 1 aliphatic heterocycles. The average Bonchev–Trinajstić information content (AvgIpc) is 2.77. The maximum absolute atomic E-state index is 12.4. The van der Waals surface area contributed by atoms with Crippen LogP contribution in [-0.4, -0.2) is 15.3 Å². The summed E-state index contributed by atoms with van der Waals surface area (Å²) in [5.41, 5.74) is 1.59. The SMILES string of the molecule is O=c1c2c([nH]c(=S)n1-c1cccc(Cl)c1)CCS2. The molecule has 0 radical (unpaired) electrons. The Balaban J connectivity index is 2.31. The summed E-state index contributed by atoms with van der Waals surface area (Å²) < 4.78 is 1.92. The number of halogens is 1. The van der Waals surface area contributed by atoms with Crippen molar-refractivity contribution in [3.63, 3.8) is 0 Å². The Bertz CT molecular complexity index is 736. The van der Waals surface area contributed by atoms with Gasteiger partial charge in [-0.15, -0.1) is 11.8 Å². The number of nitrogens with zero attached hydrogens (tertiary/aromatic N) is 1. The smallest absolute Gasteiger partial charge is 0.272 e. The van der Waals surface area contributed by atoms with Crippen molar-refractivity contribution >= 4 is 35.6 Å². The van der Waals surface area contributed by atoms with Gasteiger partial charge in [0.05, 0.1) is 10.6 Å². The highest BCUT2D eigenvalue weighted by Crippen LogP contribution is 2.26. The molecule has 0 aliphatic carbocycles. The molecule has 1 aromatic heterocycles. The number of H-pyrrole nitrogens is 1. The van der Waals surface area contributed by atoms with Gasteiger partial charge in [-0.1, -0.05) is 17.7 Å². The highest BCUT2D eigenvalue weighted by Gasteiger charge is 2.18. The van der Waals surface area contributed by atoms with Crippen LogP contribution in [0.4, 0.5) is 0 Å². The van der Waals surface area contributed by atoms with Gasteiger partial charge in [0.15, 0.2) is 4.77 Å². The standard InChI is InChI=1S/C12H9ClN2OS2/c13-7-2-1-3-8(6-7)15-11(16)10-9(4-5-18-10)14-12(15)17/h1-3,6H,4-5H2,(H,14,17). The molecule has 2 heterocycles. The van der Waals surface area contributed by atoms with E-state index < -0.39 is 0 Å². The molecule has 1 aromatic carbocycles. The fourth-order valence-corrected chi connectivity index (χ4v) is 3.54. The molecule has 0 fully saturated rings. The molecule has 2 aromatic rings. The minimum absolute atomic E-state index is 0.0569. The van der Waals surface area contributed by atoms with Crippen molar-refractivity contribution < 1.29 is 0 Å². The van der Waals surface area contributed by atoms with Gasteiger partial charge in [-0.25, -0.2) is 0 Å². The number of fused-ring (bicyclic) bond motifs is 1. The molecule has 92 valence electrons. The Labute approximate surface area is 118 Å². The second-order valence-corrected chi connectivity index (χ2v) is 5.89. The third-order valence-electron chi connectivity index (χ3n) is 2.80. The van der Waals surface area contributed by atoms with Crippen LogP contribution in [0.15, 0.2) is 34.0 Å². The third-order valence-corrected chi connectivity index (χ3v) is 4.43. The van der Waals surface area contributed by atoms with Crippen LogP contribution in [0.25, 0.3) is 5.69 Å². The van der Waals surface area contributed by atoms with Gasteiger partial charge in [0, 0.05) is 16.5 Å². The molecule has 0 spiro atoms. The van der Waals surface area contributed by atoms with Crippen LogP contribution in [0.3, 0.4) is 0 Å². The van der Waals surface area contributed by atoms with Crippen molar-refractivity contribution in [1.82, 2.24) is 9.55 Å². The minimum Gasteiger partial charge on any atom is -0.334 e. The van der Waals surface area contributed by atoms with Crippen LogP contribution in [-0.2, 0) is 6.42 Å². The fraction of sp³-hybridized carbons (Fsp3) is 0.167. The Kier molecular flexibility index (Phi) is 3.05. The van der Waals surface area contributed by atoms with E-state index in [1.54, 1.807) is 30.0 Å². The number of rotatable bonds is 1. The number of hydrogen-bond acceptors (Lipinski definition) is 3. The van der Waals surface area contributed by atoms with E-state index in [1.807, 2.05) is 6.07 Å². The summed E-state index contributed by atoms with van der Waals surface area (Å²) in [6.45, 7) is 0. The quantitative estimate of drug-likeness (QED) is 0.821. The first-order chi connectivity index (χ1) is 8.66. The molecule has 6 heteroatoms. The zero-order valence-electron chi connectivity index (χ0n) is 9.27. The third kappa shape index (κ3) is 1.92. The predicted molar refractivity (Wildman–Crippen MR) is 76.7 cm³/mol. The van der Waals surface area contributed by atoms with E-state index in [9.17, 15) is 4.79 Å². The van der Waals surface area contributed by atoms with Gasteiger partial charge in [-0.3, -0.25) is 9.36 Å². The number of aromatic nitrogens is 2. The van der Waals surface area contributed by atoms with E-state index in [-0.39, 0.29) is 5.56 Å². The van der Waals surface area contributed by atoms with Crippen molar-refractivity contribution in [1.29, 1.82) is 0 Å². The second kappa shape index (κ2) is 4.57. The fourth-order valence-electron chi connectivity index (χ4n) is 1.99. The Morgan fingerprint density at radius 3 is 3.06 bits per heavy atom. The molecule has 18 heavy (non-hydrogen) atoms. The number of thioether (sulfide) groups is 1. The normalized spacial score (nSPS) is 13.6. The maximum Gasteiger partial charge on any atom is 0.272 e. The van der Waals surface area contributed by atoms with E-state index in [0.717, 1.165) is 22.8 Å². The number of nitrogens with one attached hydrogen (secondary N) is 1. The number of aryl methyl sites for hydroxylation is 1. The van der Waals surface area contributed by atoms with Crippen LogP contribution >= 0.6 is 35.6 Å². The summed E-state index contributed by atoms with van der Waals surface area (Å²) in [5, 5.41) is 0.585. The minimum atomic E-state index is -0.0569. The molecular weight excluding hydrogens is 288 g/mol. The van der Waals surface area contributed by atoms with E-state index in [1.165, 1.54) is 4.57 Å².